The fourth-order valence-corrected chi connectivity index (χ4v) is 2.93. The Kier molecular flexibility index (Phi) is 6.72. The molecule has 9 atom stereocenters. The second-order valence-electron chi connectivity index (χ2n) is 6.00. The van der Waals surface area contributed by atoms with Crippen LogP contribution in [0.1, 0.15) is 13.3 Å². The Morgan fingerprint density at radius 1 is 0.957 bits per heavy atom. The van der Waals surface area contributed by atoms with E-state index in [2.05, 4.69) is 0 Å². The molecule has 9 nitrogen and oxygen atoms in total. The average Bonchev–Trinajstić information content (AvgIpc) is 2.55. The SMILES string of the molecule is CO[C@@H]1O[C@@H](CO)[C@@H](O[C@@H]2OC(CO)[C@@H](C)[C@H](O)C2O)CC1O. The Morgan fingerprint density at radius 2 is 1.57 bits per heavy atom. The van der Waals surface area contributed by atoms with Crippen LogP contribution in [0.15, 0.2) is 0 Å². The predicted molar refractivity (Wildman–Crippen MR) is 75.2 cm³/mol. The monoisotopic (exact) mass is 338 g/mol. The number of aliphatic hydroxyl groups is 5. The Morgan fingerprint density at radius 3 is 2.13 bits per heavy atom. The van der Waals surface area contributed by atoms with Crippen molar-refractivity contribution in [2.75, 3.05) is 20.3 Å². The standard InChI is InChI=1S/C14H26O9/c1-6-9(4-15)22-14(12(19)11(6)18)21-8-3-7(17)13(20-2)23-10(8)5-16/h6-19H,3-5H2,1-2H3/t6-,7?,8+,9?,10+,11+,12?,13-,14-/m1/s1. The molecule has 3 unspecified atom stereocenters. The van der Waals surface area contributed by atoms with Crippen molar-refractivity contribution < 1.29 is 44.5 Å². The number of ether oxygens (including phenoxy) is 4. The molecule has 2 fully saturated rings. The van der Waals surface area contributed by atoms with Gasteiger partial charge < -0.3 is 44.5 Å². The zero-order chi connectivity index (χ0) is 17.1. The van der Waals surface area contributed by atoms with Crippen molar-refractivity contribution in [2.45, 2.75) is 62.5 Å². The van der Waals surface area contributed by atoms with Gasteiger partial charge in [0, 0.05) is 19.4 Å². The highest BCUT2D eigenvalue weighted by molar-refractivity contribution is 4.89. The predicted octanol–water partition coefficient (Wildman–Crippen LogP) is -2.44. The van der Waals surface area contributed by atoms with Crippen molar-refractivity contribution in [3.8, 4) is 0 Å². The van der Waals surface area contributed by atoms with Crippen molar-refractivity contribution in [1.29, 1.82) is 0 Å². The fourth-order valence-electron chi connectivity index (χ4n) is 2.93. The lowest BCUT2D eigenvalue weighted by Gasteiger charge is -2.44. The molecule has 0 aromatic heterocycles. The number of methoxy groups -OCH3 is 1. The summed E-state index contributed by atoms with van der Waals surface area (Å²) in [6.07, 6.45) is -7.61. The van der Waals surface area contributed by atoms with Crippen LogP contribution in [0.25, 0.3) is 0 Å². The second kappa shape index (κ2) is 8.15. The van der Waals surface area contributed by atoms with E-state index in [4.69, 9.17) is 18.9 Å². The maximum absolute atomic E-state index is 10.1. The molecule has 2 aliphatic rings. The highest BCUT2D eigenvalue weighted by atomic mass is 16.7. The Bertz CT molecular complexity index is 366. The molecule has 0 spiro atoms. The third kappa shape index (κ3) is 4.01. The number of aliphatic hydroxyl groups excluding tert-OH is 5. The molecule has 0 aliphatic carbocycles. The maximum atomic E-state index is 10.1. The highest BCUT2D eigenvalue weighted by Gasteiger charge is 2.46. The van der Waals surface area contributed by atoms with E-state index in [9.17, 15) is 25.5 Å². The van der Waals surface area contributed by atoms with Crippen LogP contribution >= 0.6 is 0 Å². The van der Waals surface area contributed by atoms with E-state index in [0.29, 0.717) is 0 Å². The van der Waals surface area contributed by atoms with Crippen molar-refractivity contribution >= 4 is 0 Å². The van der Waals surface area contributed by atoms with Crippen molar-refractivity contribution in [1.82, 2.24) is 0 Å². The highest BCUT2D eigenvalue weighted by Crippen LogP contribution is 2.30. The van der Waals surface area contributed by atoms with Crippen LogP contribution in [0.2, 0.25) is 0 Å². The average molecular weight is 338 g/mol. The first-order chi connectivity index (χ1) is 10.9. The van der Waals surface area contributed by atoms with Gasteiger partial charge in [-0.05, 0) is 0 Å². The summed E-state index contributed by atoms with van der Waals surface area (Å²) in [6, 6.07) is 0. The summed E-state index contributed by atoms with van der Waals surface area (Å²) in [6.45, 7) is 0.949. The van der Waals surface area contributed by atoms with E-state index >= 15 is 0 Å². The molecule has 2 rings (SSSR count). The molecule has 0 amide bonds. The van der Waals surface area contributed by atoms with Gasteiger partial charge in [0.1, 0.15) is 18.3 Å². The molecule has 0 aromatic rings. The number of hydrogen-bond acceptors (Lipinski definition) is 9. The molecule has 0 bridgehead atoms. The van der Waals surface area contributed by atoms with Gasteiger partial charge >= 0.3 is 0 Å². The topological polar surface area (TPSA) is 138 Å². The lowest BCUT2D eigenvalue weighted by atomic mass is 9.91. The molecular weight excluding hydrogens is 312 g/mol. The van der Waals surface area contributed by atoms with Crippen molar-refractivity contribution in [2.24, 2.45) is 5.92 Å². The lowest BCUT2D eigenvalue weighted by Crippen LogP contribution is -2.58. The van der Waals surface area contributed by atoms with Crippen molar-refractivity contribution in [3.05, 3.63) is 0 Å². The molecule has 136 valence electrons. The van der Waals surface area contributed by atoms with Crippen LogP contribution in [0.4, 0.5) is 0 Å². The van der Waals surface area contributed by atoms with Crippen LogP contribution < -0.4 is 0 Å². The molecule has 9 heteroatoms. The summed E-state index contributed by atoms with van der Waals surface area (Å²) in [4.78, 5) is 0. The molecule has 0 aromatic carbocycles. The van der Waals surface area contributed by atoms with Crippen LogP contribution in [0.5, 0.6) is 0 Å². The van der Waals surface area contributed by atoms with Gasteiger partial charge in [-0.3, -0.25) is 0 Å². The van der Waals surface area contributed by atoms with Gasteiger partial charge in [-0.15, -0.1) is 0 Å². The first-order valence-electron chi connectivity index (χ1n) is 7.68. The summed E-state index contributed by atoms with van der Waals surface area (Å²) in [5, 5.41) is 48.8. The van der Waals surface area contributed by atoms with E-state index in [1.807, 2.05) is 0 Å². The van der Waals surface area contributed by atoms with E-state index in [-0.39, 0.29) is 19.6 Å². The van der Waals surface area contributed by atoms with Crippen LogP contribution in [-0.4, -0.2) is 95.1 Å². The van der Waals surface area contributed by atoms with E-state index in [1.165, 1.54) is 7.11 Å². The van der Waals surface area contributed by atoms with Gasteiger partial charge in [-0.1, -0.05) is 6.92 Å². The summed E-state index contributed by atoms with van der Waals surface area (Å²) in [5.74, 6) is -0.463. The fraction of sp³-hybridized carbons (Fsp3) is 1.00. The van der Waals surface area contributed by atoms with E-state index in [1.54, 1.807) is 6.92 Å². The minimum Gasteiger partial charge on any atom is -0.394 e. The second-order valence-corrected chi connectivity index (χ2v) is 6.00. The molecule has 23 heavy (non-hydrogen) atoms. The Labute approximate surface area is 134 Å². The van der Waals surface area contributed by atoms with Crippen LogP contribution in [-0.2, 0) is 18.9 Å². The van der Waals surface area contributed by atoms with Crippen LogP contribution in [0, 0.1) is 5.92 Å². The summed E-state index contributed by atoms with van der Waals surface area (Å²) < 4.78 is 21.5. The Balaban J connectivity index is 2.04. The van der Waals surface area contributed by atoms with Gasteiger partial charge in [0.25, 0.3) is 0 Å². The van der Waals surface area contributed by atoms with Gasteiger partial charge in [0.15, 0.2) is 12.6 Å². The molecule has 2 aliphatic heterocycles. The smallest absolute Gasteiger partial charge is 0.186 e. The van der Waals surface area contributed by atoms with Gasteiger partial charge in [0.05, 0.1) is 31.5 Å². The molecule has 0 radical (unpaired) electrons. The maximum Gasteiger partial charge on any atom is 0.186 e. The summed E-state index contributed by atoms with van der Waals surface area (Å²) in [7, 11) is 1.38. The first-order valence-corrected chi connectivity index (χ1v) is 7.68. The molecular formula is C14H26O9. The van der Waals surface area contributed by atoms with Gasteiger partial charge in [0.2, 0.25) is 0 Å². The summed E-state index contributed by atoms with van der Waals surface area (Å²) in [5.41, 5.74) is 0. The quantitative estimate of drug-likeness (QED) is 0.370. The Hall–Kier alpha value is -0.360. The molecule has 2 heterocycles. The number of hydrogen-bond donors (Lipinski definition) is 5. The van der Waals surface area contributed by atoms with Gasteiger partial charge in [-0.25, -0.2) is 0 Å². The zero-order valence-electron chi connectivity index (χ0n) is 13.2. The third-order valence-corrected chi connectivity index (χ3v) is 4.48. The van der Waals surface area contributed by atoms with Crippen molar-refractivity contribution in [3.63, 3.8) is 0 Å². The molecule has 5 N–H and O–H groups in total. The lowest BCUT2D eigenvalue weighted by molar-refractivity contribution is -0.334. The zero-order valence-corrected chi connectivity index (χ0v) is 13.2. The van der Waals surface area contributed by atoms with E-state index in [0.717, 1.165) is 0 Å². The minimum absolute atomic E-state index is 0.103. The first kappa shape index (κ1) is 19.0. The van der Waals surface area contributed by atoms with E-state index < -0.39 is 55.1 Å². The van der Waals surface area contributed by atoms with Gasteiger partial charge in [-0.2, -0.15) is 0 Å². The summed E-state index contributed by atoms with van der Waals surface area (Å²) >= 11 is 0. The molecule has 0 saturated carbocycles. The normalized spacial score (nSPS) is 48.4. The minimum atomic E-state index is -1.32. The van der Waals surface area contributed by atoms with Crippen LogP contribution in [0.3, 0.4) is 0 Å². The largest absolute Gasteiger partial charge is 0.394 e. The number of rotatable bonds is 5. The molecule has 2 saturated heterocycles. The third-order valence-electron chi connectivity index (χ3n) is 4.48.